The Labute approximate surface area is 107 Å². The van der Waals surface area contributed by atoms with Crippen LogP contribution in [0.1, 0.15) is 23.7 Å². The highest BCUT2D eigenvalue weighted by molar-refractivity contribution is 5.02. The predicted octanol–water partition coefficient (Wildman–Crippen LogP) is 1.37. The number of likely N-dealkylation sites (tertiary alicyclic amines) is 1. The number of imidazole rings is 1. The molecule has 3 heterocycles. The molecule has 5 heteroatoms. The summed E-state index contributed by atoms with van der Waals surface area (Å²) in [4.78, 5) is 6.83. The number of hydrogen-bond acceptors (Lipinski definition) is 3. The fourth-order valence-corrected chi connectivity index (χ4v) is 2.58. The maximum Gasteiger partial charge on any atom is 0.0947 e. The van der Waals surface area contributed by atoms with Crippen LogP contribution in [-0.2, 0) is 13.6 Å². The zero-order chi connectivity index (χ0) is 12.5. The van der Waals surface area contributed by atoms with Crippen molar-refractivity contribution in [2.24, 2.45) is 7.05 Å². The lowest BCUT2D eigenvalue weighted by Crippen LogP contribution is -2.21. The second-order valence-corrected chi connectivity index (χ2v) is 5.21. The van der Waals surface area contributed by atoms with E-state index in [0.717, 1.165) is 25.3 Å². The molecule has 0 saturated carbocycles. The summed E-state index contributed by atoms with van der Waals surface area (Å²) in [6.07, 6.45) is 9.19. The summed E-state index contributed by atoms with van der Waals surface area (Å²) in [5.41, 5.74) is 2.38. The van der Waals surface area contributed by atoms with Gasteiger partial charge in [0.2, 0.25) is 0 Å². The van der Waals surface area contributed by atoms with E-state index in [2.05, 4.69) is 39.0 Å². The Balaban J connectivity index is 1.61. The Morgan fingerprint density at radius 2 is 2.28 bits per heavy atom. The number of rotatable bonds is 3. The van der Waals surface area contributed by atoms with Gasteiger partial charge in [0.15, 0.2) is 0 Å². The fraction of sp³-hybridized carbons (Fsp3) is 0.538. The van der Waals surface area contributed by atoms with E-state index in [-0.39, 0.29) is 0 Å². The van der Waals surface area contributed by atoms with Crippen molar-refractivity contribution in [1.82, 2.24) is 24.2 Å². The summed E-state index contributed by atoms with van der Waals surface area (Å²) in [6.45, 7) is 5.22. The lowest BCUT2D eigenvalue weighted by molar-refractivity contribution is 0.308. The molecule has 1 saturated heterocycles. The molecule has 1 aliphatic heterocycles. The molecule has 1 aliphatic rings. The third-order valence-electron chi connectivity index (χ3n) is 3.50. The first kappa shape index (κ1) is 11.5. The van der Waals surface area contributed by atoms with E-state index in [0.29, 0.717) is 6.04 Å². The summed E-state index contributed by atoms with van der Waals surface area (Å²) in [7, 11) is 2.01. The van der Waals surface area contributed by atoms with Crippen molar-refractivity contribution >= 4 is 0 Å². The van der Waals surface area contributed by atoms with Crippen molar-refractivity contribution in [1.29, 1.82) is 0 Å². The third kappa shape index (κ3) is 2.31. The monoisotopic (exact) mass is 245 g/mol. The minimum atomic E-state index is 0.516. The molecular weight excluding hydrogens is 226 g/mol. The van der Waals surface area contributed by atoms with Crippen LogP contribution in [-0.4, -0.2) is 37.3 Å². The van der Waals surface area contributed by atoms with Crippen molar-refractivity contribution in [3.05, 3.63) is 36.2 Å². The highest BCUT2D eigenvalue weighted by Crippen LogP contribution is 2.22. The molecule has 0 amide bonds. The van der Waals surface area contributed by atoms with Gasteiger partial charge in [-0.1, -0.05) is 0 Å². The zero-order valence-corrected chi connectivity index (χ0v) is 11.0. The molecule has 0 aliphatic carbocycles. The molecule has 96 valence electrons. The van der Waals surface area contributed by atoms with E-state index >= 15 is 0 Å². The van der Waals surface area contributed by atoms with Crippen molar-refractivity contribution in [2.45, 2.75) is 25.9 Å². The van der Waals surface area contributed by atoms with Crippen LogP contribution < -0.4 is 0 Å². The topological polar surface area (TPSA) is 38.9 Å². The maximum atomic E-state index is 4.41. The molecule has 0 radical (unpaired) electrons. The van der Waals surface area contributed by atoms with Crippen LogP contribution in [0, 0.1) is 6.92 Å². The SMILES string of the molecule is Cc1cnn(C2CCN(Cc3cn(C)cn3)C2)c1. The number of aryl methyl sites for hydroxylation is 2. The molecule has 0 spiro atoms. The van der Waals surface area contributed by atoms with Gasteiger partial charge >= 0.3 is 0 Å². The molecule has 18 heavy (non-hydrogen) atoms. The number of hydrogen-bond donors (Lipinski definition) is 0. The molecule has 0 bridgehead atoms. The standard InChI is InChI=1S/C13H19N5/c1-11-5-15-18(6-11)13-3-4-17(9-13)8-12-7-16(2)10-14-12/h5-7,10,13H,3-4,8-9H2,1-2H3. The third-order valence-corrected chi connectivity index (χ3v) is 3.50. The minimum absolute atomic E-state index is 0.516. The van der Waals surface area contributed by atoms with Crippen LogP contribution in [0.3, 0.4) is 0 Å². The second-order valence-electron chi connectivity index (χ2n) is 5.21. The van der Waals surface area contributed by atoms with Gasteiger partial charge in [0, 0.05) is 39.1 Å². The van der Waals surface area contributed by atoms with E-state index < -0.39 is 0 Å². The molecule has 2 aromatic heterocycles. The molecule has 0 N–H and O–H groups in total. The van der Waals surface area contributed by atoms with Gasteiger partial charge in [0.25, 0.3) is 0 Å². The Kier molecular flexibility index (Phi) is 2.91. The fourth-order valence-electron chi connectivity index (χ4n) is 2.58. The summed E-state index contributed by atoms with van der Waals surface area (Å²) in [5.74, 6) is 0. The molecule has 3 rings (SSSR count). The van der Waals surface area contributed by atoms with Crippen LogP contribution in [0.4, 0.5) is 0 Å². The van der Waals surface area contributed by atoms with Gasteiger partial charge in [-0.05, 0) is 18.9 Å². The van der Waals surface area contributed by atoms with Crippen molar-refractivity contribution < 1.29 is 0 Å². The molecule has 0 aromatic carbocycles. The first-order chi connectivity index (χ1) is 8.70. The first-order valence-corrected chi connectivity index (χ1v) is 6.40. The summed E-state index contributed by atoms with van der Waals surface area (Å²) >= 11 is 0. The van der Waals surface area contributed by atoms with Crippen LogP contribution in [0.15, 0.2) is 24.9 Å². The Morgan fingerprint density at radius 1 is 1.39 bits per heavy atom. The predicted molar refractivity (Wildman–Crippen MR) is 69.1 cm³/mol. The summed E-state index contributed by atoms with van der Waals surface area (Å²) < 4.78 is 4.10. The molecule has 1 atom stereocenters. The Morgan fingerprint density at radius 3 is 2.94 bits per heavy atom. The minimum Gasteiger partial charge on any atom is -0.340 e. The van der Waals surface area contributed by atoms with Gasteiger partial charge in [-0.25, -0.2) is 4.98 Å². The molecule has 2 aromatic rings. The smallest absolute Gasteiger partial charge is 0.0947 e. The number of nitrogens with zero attached hydrogens (tertiary/aromatic N) is 5. The average Bonchev–Trinajstić information content (AvgIpc) is 3.01. The Hall–Kier alpha value is -1.62. The van der Waals surface area contributed by atoms with Crippen molar-refractivity contribution in [2.75, 3.05) is 13.1 Å². The maximum absolute atomic E-state index is 4.41. The highest BCUT2D eigenvalue weighted by atomic mass is 15.3. The van der Waals surface area contributed by atoms with Crippen LogP contribution in [0.5, 0.6) is 0 Å². The Bertz CT molecular complexity index is 527. The van der Waals surface area contributed by atoms with Crippen LogP contribution in [0.2, 0.25) is 0 Å². The first-order valence-electron chi connectivity index (χ1n) is 6.40. The van der Waals surface area contributed by atoms with E-state index in [1.54, 1.807) is 0 Å². The van der Waals surface area contributed by atoms with Crippen molar-refractivity contribution in [3.8, 4) is 0 Å². The summed E-state index contributed by atoms with van der Waals surface area (Å²) in [6, 6.07) is 0.516. The van der Waals surface area contributed by atoms with E-state index in [1.165, 1.54) is 12.0 Å². The highest BCUT2D eigenvalue weighted by Gasteiger charge is 2.24. The lowest BCUT2D eigenvalue weighted by Gasteiger charge is -2.14. The molecular formula is C13H19N5. The molecule has 1 fully saturated rings. The lowest BCUT2D eigenvalue weighted by atomic mass is 10.3. The van der Waals surface area contributed by atoms with Crippen LogP contribution >= 0.6 is 0 Å². The van der Waals surface area contributed by atoms with Gasteiger partial charge < -0.3 is 4.57 Å². The molecule has 5 nitrogen and oxygen atoms in total. The van der Waals surface area contributed by atoms with E-state index in [1.807, 2.05) is 24.1 Å². The van der Waals surface area contributed by atoms with E-state index in [4.69, 9.17) is 0 Å². The number of aromatic nitrogens is 4. The molecule has 1 unspecified atom stereocenters. The van der Waals surface area contributed by atoms with Gasteiger partial charge in [0.1, 0.15) is 0 Å². The van der Waals surface area contributed by atoms with E-state index in [9.17, 15) is 0 Å². The van der Waals surface area contributed by atoms with Gasteiger partial charge in [0.05, 0.1) is 24.3 Å². The summed E-state index contributed by atoms with van der Waals surface area (Å²) in [5, 5.41) is 4.41. The second kappa shape index (κ2) is 4.57. The zero-order valence-electron chi connectivity index (χ0n) is 11.0. The van der Waals surface area contributed by atoms with Gasteiger partial charge in [-0.2, -0.15) is 5.10 Å². The van der Waals surface area contributed by atoms with Gasteiger partial charge in [-0.3, -0.25) is 9.58 Å². The van der Waals surface area contributed by atoms with Gasteiger partial charge in [-0.15, -0.1) is 0 Å². The van der Waals surface area contributed by atoms with Crippen LogP contribution in [0.25, 0.3) is 0 Å². The normalized spacial score (nSPS) is 20.7. The largest absolute Gasteiger partial charge is 0.340 e. The van der Waals surface area contributed by atoms with Crippen molar-refractivity contribution in [3.63, 3.8) is 0 Å². The average molecular weight is 245 g/mol. The quantitative estimate of drug-likeness (QED) is 0.820.